The number of nitrogens with one attached hydrogen (secondary N) is 1. The number of aliphatic imine (C=N–C) groups is 1. The number of pyridine rings is 1. The molecule has 1 aliphatic carbocycles. The monoisotopic (exact) mass is 539 g/mol. The van der Waals surface area contributed by atoms with Gasteiger partial charge in [-0.25, -0.2) is 31.0 Å². The van der Waals surface area contributed by atoms with Gasteiger partial charge in [-0.1, -0.05) is 6.07 Å². The van der Waals surface area contributed by atoms with Crippen LogP contribution in [0.5, 0.6) is 0 Å². The topological polar surface area (TPSA) is 97.7 Å². The largest absolute Gasteiger partial charge is 0.374 e. The van der Waals surface area contributed by atoms with E-state index in [2.05, 4.69) is 15.3 Å². The lowest BCUT2D eigenvalue weighted by Crippen LogP contribution is -2.14. The zero-order chi connectivity index (χ0) is 26.5. The Morgan fingerprint density at radius 1 is 1.22 bits per heavy atom. The Labute approximate surface area is 211 Å². The average Bonchev–Trinajstić information content (AvgIpc) is 3.27. The molecule has 0 spiro atoms. The zero-order valence-corrected chi connectivity index (χ0v) is 20.8. The van der Waals surface area contributed by atoms with Crippen molar-refractivity contribution in [2.75, 3.05) is 18.2 Å². The number of sulfone groups is 1. The van der Waals surface area contributed by atoms with Crippen molar-refractivity contribution < 1.29 is 35.5 Å². The lowest BCUT2D eigenvalue weighted by Gasteiger charge is -2.24. The number of fused-ring (bicyclic) bond motifs is 1. The van der Waals surface area contributed by atoms with Gasteiger partial charge in [0, 0.05) is 32.1 Å². The molecule has 0 bridgehead atoms. The molecular formula is C25H25F4N3O4S. The van der Waals surface area contributed by atoms with Crippen molar-refractivity contribution >= 4 is 38.4 Å². The number of anilines is 2. The van der Waals surface area contributed by atoms with Gasteiger partial charge < -0.3 is 10.1 Å². The van der Waals surface area contributed by atoms with Crippen LogP contribution in [0.15, 0.2) is 34.2 Å². The second kappa shape index (κ2) is 9.46. The van der Waals surface area contributed by atoms with Crippen LogP contribution in [0.1, 0.15) is 48.7 Å². The summed E-state index contributed by atoms with van der Waals surface area (Å²) in [6, 6.07) is 6.21. The molecule has 3 heterocycles. The summed E-state index contributed by atoms with van der Waals surface area (Å²) in [5, 5.41) is 2.97. The molecule has 1 unspecified atom stereocenters. The molecule has 3 aliphatic rings. The number of nitrogens with zero attached hydrogens (tertiary/aromatic N) is 2. The fourth-order valence-electron chi connectivity index (χ4n) is 4.73. The summed E-state index contributed by atoms with van der Waals surface area (Å²) >= 11 is 0. The Kier molecular flexibility index (Phi) is 6.59. The van der Waals surface area contributed by atoms with Crippen molar-refractivity contribution in [1.82, 2.24) is 4.98 Å². The Balaban J connectivity index is 1.51. The third kappa shape index (κ3) is 5.40. The highest BCUT2D eigenvalue weighted by atomic mass is 32.2. The molecule has 1 aromatic heterocycles. The van der Waals surface area contributed by atoms with Gasteiger partial charge in [0.15, 0.2) is 9.84 Å². The van der Waals surface area contributed by atoms with E-state index in [4.69, 9.17) is 4.74 Å². The van der Waals surface area contributed by atoms with Crippen LogP contribution in [-0.4, -0.2) is 50.1 Å². The van der Waals surface area contributed by atoms with E-state index in [1.54, 1.807) is 12.1 Å². The van der Waals surface area contributed by atoms with Gasteiger partial charge >= 0.3 is 0 Å². The van der Waals surface area contributed by atoms with Crippen LogP contribution >= 0.6 is 0 Å². The number of carbonyl (C=O) groups excluding carboxylic acids is 1. The van der Waals surface area contributed by atoms with Gasteiger partial charge in [-0.05, 0) is 43.0 Å². The summed E-state index contributed by atoms with van der Waals surface area (Å²) in [5.41, 5.74) is 1.02. The fraction of sp³-hybridized carbons (Fsp3) is 0.480. The van der Waals surface area contributed by atoms with E-state index in [0.29, 0.717) is 12.2 Å². The number of rotatable bonds is 8. The number of benzene rings is 1. The van der Waals surface area contributed by atoms with Crippen LogP contribution in [0.25, 0.3) is 0 Å². The van der Waals surface area contributed by atoms with Crippen molar-refractivity contribution in [3.05, 3.63) is 41.2 Å². The minimum absolute atomic E-state index is 0.0176. The molecule has 12 heteroatoms. The minimum atomic E-state index is -3.73. The standard InChI is InChI=1S/C25H25F4N3O4S/c1-37(34,35)22-8-13(21-4-2-3-7-36-21)5-6-16(22)31-17-9-14(10-20(33)15-12-25(15,28)29)30-18-11-19(24(26)27)32-23(17)18/h5-6,8-9,15,21,24H,2-4,7,10-12H2,1H3,(H,30,31)/t15?,21-/m0/s1. The van der Waals surface area contributed by atoms with Gasteiger partial charge in [0.25, 0.3) is 12.3 Å². The highest BCUT2D eigenvalue weighted by molar-refractivity contribution is 7.90. The predicted molar refractivity (Wildman–Crippen MR) is 128 cm³/mol. The molecule has 2 atom stereocenters. The third-order valence-corrected chi connectivity index (χ3v) is 7.91. The van der Waals surface area contributed by atoms with Crippen molar-refractivity contribution in [2.45, 2.75) is 61.9 Å². The molecule has 37 heavy (non-hydrogen) atoms. The van der Waals surface area contributed by atoms with Crippen LogP contribution in [-0.2, 0) is 32.2 Å². The summed E-state index contributed by atoms with van der Waals surface area (Å²) in [4.78, 5) is 20.5. The van der Waals surface area contributed by atoms with Gasteiger partial charge in [-0.15, -0.1) is 0 Å². The Morgan fingerprint density at radius 2 is 1.97 bits per heavy atom. The van der Waals surface area contributed by atoms with Crippen LogP contribution < -0.4 is 5.32 Å². The van der Waals surface area contributed by atoms with Gasteiger partial charge in [-0.3, -0.25) is 9.78 Å². The van der Waals surface area contributed by atoms with E-state index < -0.39 is 52.4 Å². The number of halogens is 4. The van der Waals surface area contributed by atoms with E-state index in [1.807, 2.05) is 0 Å². The molecule has 198 valence electrons. The van der Waals surface area contributed by atoms with Crippen LogP contribution in [0.2, 0.25) is 0 Å². The number of hydrogen-bond acceptors (Lipinski definition) is 7. The quantitative estimate of drug-likeness (QED) is 0.467. The van der Waals surface area contributed by atoms with Crippen LogP contribution in [0.4, 0.5) is 34.6 Å². The van der Waals surface area contributed by atoms with Crippen molar-refractivity contribution in [1.29, 1.82) is 0 Å². The highest BCUT2D eigenvalue weighted by Crippen LogP contribution is 2.49. The first-order valence-electron chi connectivity index (χ1n) is 11.9. The Bertz CT molecular complexity index is 1390. The number of Topliss-reactive ketones (excluding diaryl/α,β-unsaturated/α-hetero) is 1. The summed E-state index contributed by atoms with van der Waals surface area (Å²) in [6.45, 7) is 0.584. The summed E-state index contributed by atoms with van der Waals surface area (Å²) in [6.07, 6.45) is -0.533. The zero-order valence-electron chi connectivity index (χ0n) is 19.9. The van der Waals surface area contributed by atoms with Gasteiger partial charge in [0.1, 0.15) is 11.5 Å². The van der Waals surface area contributed by atoms with E-state index in [0.717, 1.165) is 25.5 Å². The second-order valence-electron chi connectivity index (χ2n) is 9.71. The third-order valence-electron chi connectivity index (χ3n) is 6.77. The molecule has 0 radical (unpaired) electrons. The molecule has 2 fully saturated rings. The first-order valence-corrected chi connectivity index (χ1v) is 13.8. The van der Waals surface area contributed by atoms with Crippen LogP contribution in [0.3, 0.4) is 0 Å². The maximum atomic E-state index is 13.4. The Hall–Kier alpha value is -2.86. The molecule has 2 aromatic rings. The molecule has 7 nitrogen and oxygen atoms in total. The summed E-state index contributed by atoms with van der Waals surface area (Å²) in [5.74, 6) is -5.10. The summed E-state index contributed by atoms with van der Waals surface area (Å²) < 4.78 is 84.7. The van der Waals surface area contributed by atoms with E-state index in [-0.39, 0.29) is 45.9 Å². The lowest BCUT2D eigenvalue weighted by atomic mass is 10.0. The SMILES string of the molecule is CS(=O)(=O)c1cc([C@@H]2CCCCO2)ccc1Nc1cc(CC(=O)C2CC2(F)F)nc2c1N=C(C(F)F)C2. The molecule has 2 aliphatic heterocycles. The number of ether oxygens (including phenoxy) is 1. The Morgan fingerprint density at radius 3 is 2.59 bits per heavy atom. The highest BCUT2D eigenvalue weighted by Gasteiger charge is 2.60. The molecule has 1 saturated heterocycles. The molecular weight excluding hydrogens is 514 g/mol. The number of ketones is 1. The van der Waals surface area contributed by atoms with E-state index >= 15 is 0 Å². The summed E-state index contributed by atoms with van der Waals surface area (Å²) in [7, 11) is -3.73. The second-order valence-corrected chi connectivity index (χ2v) is 11.7. The van der Waals surface area contributed by atoms with Gasteiger partial charge in [-0.2, -0.15) is 0 Å². The molecule has 1 aromatic carbocycles. The van der Waals surface area contributed by atoms with Crippen molar-refractivity contribution in [2.24, 2.45) is 10.9 Å². The number of hydrogen-bond donors (Lipinski definition) is 1. The van der Waals surface area contributed by atoms with Gasteiger partial charge in [0.05, 0.1) is 45.4 Å². The van der Waals surface area contributed by atoms with Crippen LogP contribution in [0, 0.1) is 5.92 Å². The number of aromatic nitrogens is 1. The smallest absolute Gasteiger partial charge is 0.277 e. The molecule has 1 saturated carbocycles. The van der Waals surface area contributed by atoms with Gasteiger partial charge in [0.2, 0.25) is 0 Å². The maximum Gasteiger partial charge on any atom is 0.277 e. The first kappa shape index (κ1) is 25.8. The fourth-order valence-corrected chi connectivity index (χ4v) is 5.59. The average molecular weight is 540 g/mol. The van der Waals surface area contributed by atoms with Crippen molar-refractivity contribution in [3.8, 4) is 0 Å². The first-order chi connectivity index (χ1) is 17.4. The molecule has 0 amide bonds. The maximum absolute atomic E-state index is 13.4. The predicted octanol–water partition coefficient (Wildman–Crippen LogP) is 5.13. The van der Waals surface area contributed by atoms with Crippen molar-refractivity contribution in [3.63, 3.8) is 0 Å². The lowest BCUT2D eigenvalue weighted by molar-refractivity contribution is -0.121. The van der Waals surface area contributed by atoms with E-state index in [9.17, 15) is 30.8 Å². The minimum Gasteiger partial charge on any atom is -0.374 e. The molecule has 5 rings (SSSR count). The number of carbonyl (C=O) groups is 1. The molecule has 1 N–H and O–H groups in total. The number of alkyl halides is 4. The van der Waals surface area contributed by atoms with E-state index in [1.165, 1.54) is 12.1 Å². The normalized spacial score (nSPS) is 22.5.